The molecule has 5 heteroatoms. The lowest BCUT2D eigenvalue weighted by atomic mass is 10.1. The molecular weight excluding hydrogens is 264 g/mol. The lowest BCUT2D eigenvalue weighted by molar-refractivity contribution is 0.567. The van der Waals surface area contributed by atoms with Gasteiger partial charge in [-0.25, -0.2) is 4.98 Å². The van der Waals surface area contributed by atoms with E-state index in [1.807, 2.05) is 30.3 Å². The monoisotopic (exact) mass is 280 g/mol. The largest absolute Gasteiger partial charge is 0.305 e. The van der Waals surface area contributed by atoms with Crippen LogP contribution >= 0.6 is 0 Å². The molecule has 1 N–H and O–H groups in total. The molecule has 0 radical (unpaired) electrons. The molecule has 0 spiro atoms. The molecule has 0 aromatic carbocycles. The Bertz CT molecular complexity index is 798. The molecule has 0 amide bonds. The van der Waals surface area contributed by atoms with Gasteiger partial charge < -0.3 is 5.32 Å². The summed E-state index contributed by atoms with van der Waals surface area (Å²) < 4.78 is 1.54. The van der Waals surface area contributed by atoms with E-state index in [-0.39, 0.29) is 11.6 Å². The Balaban J connectivity index is 1.78. The third-order valence-electron chi connectivity index (χ3n) is 3.42. The Labute approximate surface area is 122 Å². The first kappa shape index (κ1) is 13.5. The fourth-order valence-electron chi connectivity index (χ4n) is 2.22. The third kappa shape index (κ3) is 2.98. The third-order valence-corrected chi connectivity index (χ3v) is 3.42. The summed E-state index contributed by atoms with van der Waals surface area (Å²) in [7, 11) is 0. The summed E-state index contributed by atoms with van der Waals surface area (Å²) in [6.45, 7) is 2.62. The van der Waals surface area contributed by atoms with E-state index >= 15 is 0 Å². The number of hydrogen-bond acceptors (Lipinski definition) is 4. The fraction of sp³-hybridized carbons (Fsp3) is 0.188. The van der Waals surface area contributed by atoms with Crippen LogP contribution in [0.3, 0.4) is 0 Å². The van der Waals surface area contributed by atoms with Crippen molar-refractivity contribution < 1.29 is 0 Å². The minimum Gasteiger partial charge on any atom is -0.305 e. The molecule has 0 aliphatic rings. The minimum atomic E-state index is -0.0611. The van der Waals surface area contributed by atoms with Gasteiger partial charge in [0.15, 0.2) is 0 Å². The molecule has 0 bridgehead atoms. The molecule has 106 valence electrons. The van der Waals surface area contributed by atoms with Crippen LogP contribution in [0.5, 0.6) is 0 Å². The van der Waals surface area contributed by atoms with Crippen LogP contribution in [0, 0.1) is 0 Å². The van der Waals surface area contributed by atoms with Crippen LogP contribution in [0.25, 0.3) is 5.65 Å². The maximum atomic E-state index is 12.0. The van der Waals surface area contributed by atoms with Crippen molar-refractivity contribution in [2.75, 3.05) is 0 Å². The maximum absolute atomic E-state index is 12.0. The number of aromatic nitrogens is 3. The van der Waals surface area contributed by atoms with Crippen LogP contribution in [-0.4, -0.2) is 14.4 Å². The summed E-state index contributed by atoms with van der Waals surface area (Å²) in [4.78, 5) is 20.5. The Hall–Kier alpha value is -2.53. The van der Waals surface area contributed by atoms with Gasteiger partial charge >= 0.3 is 0 Å². The van der Waals surface area contributed by atoms with E-state index in [2.05, 4.69) is 22.2 Å². The van der Waals surface area contributed by atoms with Gasteiger partial charge in [-0.1, -0.05) is 6.07 Å². The molecule has 1 atom stereocenters. The summed E-state index contributed by atoms with van der Waals surface area (Å²) in [5.41, 5.74) is 2.50. The van der Waals surface area contributed by atoms with Crippen LogP contribution in [0.4, 0.5) is 0 Å². The molecule has 1 unspecified atom stereocenters. The zero-order valence-electron chi connectivity index (χ0n) is 11.7. The number of rotatable bonds is 4. The molecule has 0 fully saturated rings. The van der Waals surface area contributed by atoms with Gasteiger partial charge in [0, 0.05) is 37.2 Å². The van der Waals surface area contributed by atoms with Crippen LogP contribution in [0.1, 0.15) is 24.2 Å². The molecule has 0 aliphatic carbocycles. The summed E-state index contributed by atoms with van der Waals surface area (Å²) in [5, 5.41) is 3.37. The van der Waals surface area contributed by atoms with E-state index in [1.165, 1.54) is 4.40 Å². The Morgan fingerprint density at radius 1 is 1.24 bits per heavy atom. The highest BCUT2D eigenvalue weighted by Crippen LogP contribution is 2.10. The van der Waals surface area contributed by atoms with E-state index in [1.54, 1.807) is 24.7 Å². The van der Waals surface area contributed by atoms with Crippen molar-refractivity contribution in [2.45, 2.75) is 19.5 Å². The molecule has 3 aromatic rings. The topological polar surface area (TPSA) is 59.3 Å². The van der Waals surface area contributed by atoms with Gasteiger partial charge in [0.25, 0.3) is 5.56 Å². The SMILES string of the molecule is CC(NCc1cc(=O)n2ccccc2n1)c1ccncc1. The predicted molar refractivity (Wildman–Crippen MR) is 81.0 cm³/mol. The van der Waals surface area contributed by atoms with E-state index in [4.69, 9.17) is 0 Å². The first-order chi connectivity index (χ1) is 10.2. The molecule has 0 saturated heterocycles. The van der Waals surface area contributed by atoms with Gasteiger partial charge in [-0.2, -0.15) is 0 Å². The van der Waals surface area contributed by atoms with Crippen molar-refractivity contribution in [1.29, 1.82) is 0 Å². The molecule has 3 heterocycles. The smallest absolute Gasteiger partial charge is 0.258 e. The average Bonchev–Trinajstić information content (AvgIpc) is 2.53. The minimum absolute atomic E-state index is 0.0611. The first-order valence-corrected chi connectivity index (χ1v) is 6.84. The van der Waals surface area contributed by atoms with Gasteiger partial charge in [-0.3, -0.25) is 14.2 Å². The zero-order valence-corrected chi connectivity index (χ0v) is 11.7. The summed E-state index contributed by atoms with van der Waals surface area (Å²) in [6.07, 6.45) is 5.27. The number of nitrogens with one attached hydrogen (secondary N) is 1. The second kappa shape index (κ2) is 5.85. The van der Waals surface area contributed by atoms with Gasteiger partial charge in [0.05, 0.1) is 5.69 Å². The van der Waals surface area contributed by atoms with E-state index in [0.717, 1.165) is 11.3 Å². The highest BCUT2D eigenvalue weighted by molar-refractivity contribution is 5.38. The van der Waals surface area contributed by atoms with Gasteiger partial charge in [-0.05, 0) is 36.8 Å². The molecule has 3 rings (SSSR count). The van der Waals surface area contributed by atoms with Crippen LogP contribution < -0.4 is 10.9 Å². The Morgan fingerprint density at radius 2 is 2.05 bits per heavy atom. The van der Waals surface area contributed by atoms with Crippen molar-refractivity contribution in [3.63, 3.8) is 0 Å². The van der Waals surface area contributed by atoms with E-state index < -0.39 is 0 Å². The molecule has 0 aliphatic heterocycles. The highest BCUT2D eigenvalue weighted by atomic mass is 16.1. The fourth-order valence-corrected chi connectivity index (χ4v) is 2.22. The quantitative estimate of drug-likeness (QED) is 0.793. The molecular formula is C16H16N4O. The maximum Gasteiger partial charge on any atom is 0.258 e. The number of fused-ring (bicyclic) bond motifs is 1. The second-order valence-corrected chi connectivity index (χ2v) is 4.90. The van der Waals surface area contributed by atoms with Crippen molar-refractivity contribution in [3.8, 4) is 0 Å². The Kier molecular flexibility index (Phi) is 3.75. The van der Waals surface area contributed by atoms with Crippen molar-refractivity contribution in [2.24, 2.45) is 0 Å². The van der Waals surface area contributed by atoms with E-state index in [9.17, 15) is 4.79 Å². The lowest BCUT2D eigenvalue weighted by Gasteiger charge is -2.13. The summed E-state index contributed by atoms with van der Waals surface area (Å²) in [5.74, 6) is 0. The van der Waals surface area contributed by atoms with Gasteiger partial charge in [-0.15, -0.1) is 0 Å². The van der Waals surface area contributed by atoms with Crippen molar-refractivity contribution in [1.82, 2.24) is 19.7 Å². The first-order valence-electron chi connectivity index (χ1n) is 6.84. The average molecular weight is 280 g/mol. The Morgan fingerprint density at radius 3 is 2.86 bits per heavy atom. The van der Waals surface area contributed by atoms with Crippen molar-refractivity contribution in [3.05, 3.63) is 76.6 Å². The van der Waals surface area contributed by atoms with Crippen LogP contribution in [0.15, 0.2) is 59.8 Å². The second-order valence-electron chi connectivity index (χ2n) is 4.90. The standard InChI is InChI=1S/C16H16N4O/c1-12(13-5-7-17-8-6-13)18-11-14-10-16(21)20-9-3-2-4-15(20)19-14/h2-10,12,18H,11H2,1H3. The molecule has 0 saturated carbocycles. The summed E-state index contributed by atoms with van der Waals surface area (Å²) >= 11 is 0. The summed E-state index contributed by atoms with van der Waals surface area (Å²) in [6, 6.07) is 11.2. The predicted octanol–water partition coefficient (Wildman–Crippen LogP) is 1.94. The van der Waals surface area contributed by atoms with Gasteiger partial charge in [0.2, 0.25) is 0 Å². The zero-order chi connectivity index (χ0) is 14.7. The molecule has 3 aromatic heterocycles. The van der Waals surface area contributed by atoms with Crippen LogP contribution in [0.2, 0.25) is 0 Å². The molecule has 21 heavy (non-hydrogen) atoms. The van der Waals surface area contributed by atoms with Crippen LogP contribution in [-0.2, 0) is 6.54 Å². The lowest BCUT2D eigenvalue weighted by Crippen LogP contribution is -2.22. The van der Waals surface area contributed by atoms with E-state index in [0.29, 0.717) is 12.2 Å². The van der Waals surface area contributed by atoms with Gasteiger partial charge in [0.1, 0.15) is 5.65 Å². The van der Waals surface area contributed by atoms with Crippen molar-refractivity contribution >= 4 is 5.65 Å². The molecule has 5 nitrogen and oxygen atoms in total. The highest BCUT2D eigenvalue weighted by Gasteiger charge is 2.06. The number of nitrogens with zero attached hydrogens (tertiary/aromatic N) is 3. The number of hydrogen-bond donors (Lipinski definition) is 1. The normalized spacial score (nSPS) is 12.4. The number of pyridine rings is 2.